The van der Waals surface area contributed by atoms with E-state index in [9.17, 15) is 5.11 Å². The first-order chi connectivity index (χ1) is 8.81. The van der Waals surface area contributed by atoms with Crippen molar-refractivity contribution in [1.29, 1.82) is 0 Å². The van der Waals surface area contributed by atoms with Crippen LogP contribution in [0, 0.1) is 0 Å². The van der Waals surface area contributed by atoms with E-state index >= 15 is 0 Å². The second-order valence-corrected chi connectivity index (χ2v) is 3.95. The van der Waals surface area contributed by atoms with E-state index < -0.39 is 0 Å². The Balaban J connectivity index is 2.44. The highest BCUT2D eigenvalue weighted by Gasteiger charge is 2.16. The van der Waals surface area contributed by atoms with Crippen LogP contribution in [0.4, 0.5) is 0 Å². The Kier molecular flexibility index (Phi) is 4.19. The lowest BCUT2D eigenvalue weighted by atomic mass is 10.2. The summed E-state index contributed by atoms with van der Waals surface area (Å²) in [6, 6.07) is -0.364. The van der Waals surface area contributed by atoms with Crippen LogP contribution in [0.3, 0.4) is 0 Å². The minimum Gasteiger partial charge on any atom is -0.396 e. The van der Waals surface area contributed by atoms with Crippen molar-refractivity contribution in [3.8, 4) is 0 Å². The zero-order valence-electron chi connectivity index (χ0n) is 9.86. The fraction of sp³-hybridized carbons (Fsp3) is 0.545. The van der Waals surface area contributed by atoms with Crippen molar-refractivity contribution in [1.82, 2.24) is 19.5 Å². The van der Waals surface area contributed by atoms with Crippen LogP contribution in [0.2, 0.25) is 0 Å². The number of imidazole rings is 1. The summed E-state index contributed by atoms with van der Waals surface area (Å²) in [7, 11) is 0. The number of nitrogens with zero attached hydrogens (tertiary/aromatic N) is 4. The number of hydrogen-bond acceptors (Lipinski definition) is 5. The van der Waals surface area contributed by atoms with Gasteiger partial charge in [0.1, 0.15) is 18.5 Å². The van der Waals surface area contributed by atoms with Crippen molar-refractivity contribution in [2.45, 2.75) is 18.9 Å². The topological polar surface area (TPSA) is 104 Å². The van der Waals surface area contributed by atoms with Crippen molar-refractivity contribution >= 4 is 11.2 Å². The van der Waals surface area contributed by atoms with Crippen LogP contribution in [0.1, 0.15) is 18.2 Å². The van der Waals surface area contributed by atoms with Gasteiger partial charge in [0.05, 0.1) is 18.1 Å². The first-order valence-corrected chi connectivity index (χ1v) is 5.78. The average molecular weight is 251 g/mol. The fourth-order valence-electron chi connectivity index (χ4n) is 1.91. The fourth-order valence-corrected chi connectivity index (χ4v) is 1.91. The quantitative estimate of drug-likeness (QED) is 0.734. The van der Waals surface area contributed by atoms with Gasteiger partial charge in [0.25, 0.3) is 0 Å². The van der Waals surface area contributed by atoms with E-state index in [0.29, 0.717) is 29.7 Å². The third-order valence-electron chi connectivity index (χ3n) is 2.83. The maximum Gasteiger partial charge on any atom is 0.163 e. The highest BCUT2D eigenvalue weighted by atomic mass is 16.3. The summed E-state index contributed by atoms with van der Waals surface area (Å²) < 4.78 is 1.67. The van der Waals surface area contributed by atoms with Crippen molar-refractivity contribution in [2.24, 2.45) is 0 Å². The number of hydrogen-bond donors (Lipinski definition) is 2. The van der Waals surface area contributed by atoms with Gasteiger partial charge in [-0.2, -0.15) is 0 Å². The third-order valence-corrected chi connectivity index (χ3v) is 2.83. The lowest BCUT2D eigenvalue weighted by Gasteiger charge is -2.13. The summed E-state index contributed by atoms with van der Waals surface area (Å²) >= 11 is 0. The molecule has 0 aromatic carbocycles. The van der Waals surface area contributed by atoms with E-state index in [2.05, 4.69) is 15.0 Å². The second-order valence-electron chi connectivity index (χ2n) is 3.95. The summed E-state index contributed by atoms with van der Waals surface area (Å²) in [6.07, 6.45) is 3.71. The molecule has 0 saturated carbocycles. The summed E-state index contributed by atoms with van der Waals surface area (Å²) in [5.41, 5.74) is 1.83. The van der Waals surface area contributed by atoms with Gasteiger partial charge in [0.2, 0.25) is 0 Å². The lowest BCUT2D eigenvalue weighted by molar-refractivity contribution is 0.129. The van der Waals surface area contributed by atoms with Gasteiger partial charge in [-0.15, -0.1) is 0 Å². The minimum absolute atomic E-state index is 0.0133. The molecule has 0 aliphatic carbocycles. The van der Waals surface area contributed by atoms with E-state index in [1.54, 1.807) is 10.9 Å². The molecule has 2 aromatic rings. The van der Waals surface area contributed by atoms with Crippen LogP contribution < -0.4 is 0 Å². The van der Waals surface area contributed by atoms with Gasteiger partial charge in [-0.3, -0.25) is 0 Å². The van der Waals surface area contributed by atoms with Gasteiger partial charge in [-0.1, -0.05) is 0 Å². The van der Waals surface area contributed by atoms with Gasteiger partial charge in [-0.25, -0.2) is 20.1 Å². The van der Waals surface area contributed by atoms with Gasteiger partial charge < -0.3 is 14.8 Å². The van der Waals surface area contributed by atoms with E-state index in [1.165, 1.54) is 6.33 Å². The zero-order valence-corrected chi connectivity index (χ0v) is 9.86. The van der Waals surface area contributed by atoms with Crippen molar-refractivity contribution in [3.05, 3.63) is 18.3 Å². The number of rotatable bonds is 6. The molecule has 1 unspecified atom stereocenters. The first kappa shape index (κ1) is 12.9. The predicted octanol–water partition coefficient (Wildman–Crippen LogP) is -0.285. The largest absolute Gasteiger partial charge is 0.396 e. The van der Waals surface area contributed by atoms with Crippen molar-refractivity contribution < 1.29 is 15.3 Å². The smallest absolute Gasteiger partial charge is 0.163 e. The maximum absolute atomic E-state index is 11.1. The van der Waals surface area contributed by atoms with Crippen molar-refractivity contribution in [3.63, 3.8) is 0 Å². The van der Waals surface area contributed by atoms with Gasteiger partial charge in [0.15, 0.2) is 5.65 Å². The third kappa shape index (κ3) is 2.33. The average Bonchev–Trinajstić information content (AvgIpc) is 2.81. The summed E-state index contributed by atoms with van der Waals surface area (Å²) in [4.78, 5) is 12.4. The lowest BCUT2D eigenvalue weighted by Crippen LogP contribution is -2.14. The van der Waals surface area contributed by atoms with Crippen LogP contribution in [0.25, 0.3) is 11.2 Å². The minimum atomic E-state index is -0.364. The molecule has 2 heterocycles. The molecule has 0 saturated heterocycles. The second kappa shape index (κ2) is 5.85. The molecule has 2 rings (SSSR count). The normalized spacial score (nSPS) is 13.1. The summed E-state index contributed by atoms with van der Waals surface area (Å²) in [5, 5.41) is 29.0. The Hall–Kier alpha value is -1.57. The van der Waals surface area contributed by atoms with Gasteiger partial charge >= 0.3 is 0 Å². The molecule has 0 fully saturated rings. The van der Waals surface area contributed by atoms with Crippen molar-refractivity contribution in [2.75, 3.05) is 19.8 Å². The molecule has 2 aromatic heterocycles. The maximum atomic E-state index is 11.1. The predicted molar refractivity (Wildman–Crippen MR) is 62.4 cm³/mol. The molecule has 2 N–H and O–H groups in total. The van der Waals surface area contributed by atoms with Gasteiger partial charge in [-0.05, 0) is 6.42 Å². The highest BCUT2D eigenvalue weighted by Crippen LogP contribution is 2.19. The summed E-state index contributed by atoms with van der Waals surface area (Å²) in [6.45, 7) is -0.410. The molecule has 18 heavy (non-hydrogen) atoms. The standard InChI is InChI=1S/C11H15N4O3/c16-3-1-8(5-18)15-7-14-10-9(2-4-17)12-6-13-11(10)15/h6-8,16-17H,1-5H2. The molecule has 7 heteroatoms. The Morgan fingerprint density at radius 3 is 2.72 bits per heavy atom. The van der Waals surface area contributed by atoms with Crippen LogP contribution in [0.5, 0.6) is 0 Å². The molecule has 0 amide bonds. The van der Waals surface area contributed by atoms with E-state index in [0.717, 1.165) is 0 Å². The zero-order chi connectivity index (χ0) is 13.0. The molecular formula is C11H15N4O3. The van der Waals surface area contributed by atoms with Gasteiger partial charge in [0, 0.05) is 19.6 Å². The molecule has 7 nitrogen and oxygen atoms in total. The molecule has 1 atom stereocenters. The molecular weight excluding hydrogens is 236 g/mol. The van der Waals surface area contributed by atoms with Crippen LogP contribution in [-0.4, -0.2) is 49.6 Å². The number of aromatic nitrogens is 4. The molecule has 0 bridgehead atoms. The van der Waals surface area contributed by atoms with E-state index in [4.69, 9.17) is 10.2 Å². The Morgan fingerprint density at radius 2 is 2.06 bits per heavy atom. The Labute approximate surface area is 104 Å². The van der Waals surface area contributed by atoms with E-state index in [-0.39, 0.29) is 25.9 Å². The Morgan fingerprint density at radius 1 is 1.22 bits per heavy atom. The Bertz CT molecular complexity index is 514. The molecule has 1 radical (unpaired) electrons. The monoisotopic (exact) mass is 251 g/mol. The number of aliphatic hydroxyl groups is 2. The number of fused-ring (bicyclic) bond motifs is 1. The van der Waals surface area contributed by atoms with Crippen LogP contribution in [0.15, 0.2) is 12.7 Å². The molecule has 0 aliphatic rings. The molecule has 0 spiro atoms. The molecule has 97 valence electrons. The van der Waals surface area contributed by atoms with Crippen LogP contribution in [-0.2, 0) is 11.5 Å². The first-order valence-electron chi connectivity index (χ1n) is 5.78. The summed E-state index contributed by atoms with van der Waals surface area (Å²) in [5.74, 6) is 0. The number of aliphatic hydroxyl groups excluding tert-OH is 2. The SMILES string of the molecule is [O]CC(CCO)n1cnc2c(CCO)ncnc21. The van der Waals surface area contributed by atoms with Crippen LogP contribution >= 0.6 is 0 Å². The highest BCUT2D eigenvalue weighted by molar-refractivity contribution is 5.73. The molecule has 0 aliphatic heterocycles. The van der Waals surface area contributed by atoms with E-state index in [1.807, 2.05) is 0 Å².